The van der Waals surface area contributed by atoms with Gasteiger partial charge in [-0.1, -0.05) is 32.6 Å². The lowest BCUT2D eigenvalue weighted by molar-refractivity contribution is 0.277. The van der Waals surface area contributed by atoms with Crippen LogP contribution in [0.5, 0.6) is 0 Å². The molecule has 0 heteroatoms. The second-order valence-corrected chi connectivity index (χ2v) is 4.38. The largest absolute Gasteiger partial charge is 0.106 e. The molecule has 2 aliphatic carbocycles. The van der Waals surface area contributed by atoms with Gasteiger partial charge in [-0.3, -0.25) is 0 Å². The maximum Gasteiger partial charge on any atom is -0.0383 e. The first-order chi connectivity index (χ1) is 5.86. The van der Waals surface area contributed by atoms with Crippen molar-refractivity contribution in [2.45, 2.75) is 45.4 Å². The third-order valence-electron chi connectivity index (χ3n) is 3.48. The number of hydrogen-bond donors (Lipinski definition) is 0. The van der Waals surface area contributed by atoms with Crippen LogP contribution in [0.25, 0.3) is 0 Å². The quantitative estimate of drug-likeness (QED) is 0.477. The molecule has 2 atom stereocenters. The Hall–Kier alpha value is -0.260. The Labute approximate surface area is 77.1 Å². The molecule has 2 unspecified atom stereocenters. The van der Waals surface area contributed by atoms with Crippen LogP contribution in [-0.2, 0) is 0 Å². The van der Waals surface area contributed by atoms with Crippen molar-refractivity contribution in [3.05, 3.63) is 13.2 Å². The monoisotopic (exact) mass is 166 g/mol. The Morgan fingerprint density at radius 1 is 0.917 bits per heavy atom. The van der Waals surface area contributed by atoms with Gasteiger partial charge in [-0.25, -0.2) is 0 Å². The molecule has 0 saturated heterocycles. The van der Waals surface area contributed by atoms with Crippen LogP contribution >= 0.6 is 0 Å². The standard InChI is InChI=1S/C10H18.C2H4/c1-8-6-9-4-2-3-5-10(9)7-8;1-2/h8-10H,2-7H2,1H3;1-2H2. The van der Waals surface area contributed by atoms with E-state index in [1.807, 2.05) is 0 Å². The molecule has 2 aliphatic rings. The van der Waals surface area contributed by atoms with E-state index in [1.165, 1.54) is 12.8 Å². The smallest absolute Gasteiger partial charge is 0.0383 e. The minimum Gasteiger partial charge on any atom is -0.106 e. The molecular weight excluding hydrogens is 144 g/mol. The second-order valence-electron chi connectivity index (χ2n) is 4.38. The predicted octanol–water partition coefficient (Wildman–Crippen LogP) is 4.02. The van der Waals surface area contributed by atoms with E-state index in [0.29, 0.717) is 0 Å². The molecule has 0 spiro atoms. The zero-order valence-electron chi connectivity index (χ0n) is 8.39. The second kappa shape index (κ2) is 4.69. The van der Waals surface area contributed by atoms with Crippen LogP contribution in [0.3, 0.4) is 0 Å². The maximum absolute atomic E-state index is 3.00. The van der Waals surface area contributed by atoms with E-state index in [4.69, 9.17) is 0 Å². The van der Waals surface area contributed by atoms with E-state index >= 15 is 0 Å². The Bertz CT molecular complexity index is 114. The van der Waals surface area contributed by atoms with Crippen molar-refractivity contribution >= 4 is 0 Å². The van der Waals surface area contributed by atoms with Crippen LogP contribution < -0.4 is 0 Å². The molecule has 2 saturated carbocycles. The Kier molecular flexibility index (Phi) is 3.84. The van der Waals surface area contributed by atoms with E-state index in [1.54, 1.807) is 25.7 Å². The van der Waals surface area contributed by atoms with Gasteiger partial charge in [-0.15, -0.1) is 13.2 Å². The Balaban J connectivity index is 0.000000336. The fourth-order valence-electron chi connectivity index (χ4n) is 3.03. The van der Waals surface area contributed by atoms with Crippen molar-refractivity contribution in [2.24, 2.45) is 17.8 Å². The zero-order chi connectivity index (χ0) is 8.97. The molecule has 0 radical (unpaired) electrons. The Morgan fingerprint density at radius 3 is 1.75 bits per heavy atom. The van der Waals surface area contributed by atoms with Crippen LogP contribution in [0.1, 0.15) is 45.4 Å². The topological polar surface area (TPSA) is 0 Å². The fraction of sp³-hybridized carbons (Fsp3) is 0.833. The molecule has 2 fully saturated rings. The molecule has 70 valence electrons. The predicted molar refractivity (Wildman–Crippen MR) is 55.1 cm³/mol. The van der Waals surface area contributed by atoms with Crippen molar-refractivity contribution in [2.75, 3.05) is 0 Å². The highest BCUT2D eigenvalue weighted by molar-refractivity contribution is 4.84. The summed E-state index contributed by atoms with van der Waals surface area (Å²) in [6.07, 6.45) is 9.24. The summed E-state index contributed by atoms with van der Waals surface area (Å²) in [5.41, 5.74) is 0. The van der Waals surface area contributed by atoms with Crippen molar-refractivity contribution in [1.29, 1.82) is 0 Å². The van der Waals surface area contributed by atoms with Crippen molar-refractivity contribution in [3.63, 3.8) is 0 Å². The Morgan fingerprint density at radius 2 is 1.33 bits per heavy atom. The summed E-state index contributed by atoms with van der Waals surface area (Å²) in [7, 11) is 0. The first-order valence-electron chi connectivity index (χ1n) is 5.36. The summed E-state index contributed by atoms with van der Waals surface area (Å²) in [4.78, 5) is 0. The van der Waals surface area contributed by atoms with Gasteiger partial charge in [0.2, 0.25) is 0 Å². The lowest BCUT2D eigenvalue weighted by Gasteiger charge is -2.24. The fourth-order valence-corrected chi connectivity index (χ4v) is 3.03. The van der Waals surface area contributed by atoms with Gasteiger partial charge in [0, 0.05) is 0 Å². The van der Waals surface area contributed by atoms with Gasteiger partial charge in [-0.2, -0.15) is 0 Å². The number of fused-ring (bicyclic) bond motifs is 1. The van der Waals surface area contributed by atoms with Gasteiger partial charge in [-0.05, 0) is 30.6 Å². The lowest BCUT2D eigenvalue weighted by Crippen LogP contribution is -2.12. The highest BCUT2D eigenvalue weighted by atomic mass is 14.4. The molecule has 0 aromatic carbocycles. The van der Waals surface area contributed by atoms with Crippen molar-refractivity contribution < 1.29 is 0 Å². The first-order valence-corrected chi connectivity index (χ1v) is 5.36. The molecule has 0 bridgehead atoms. The van der Waals surface area contributed by atoms with Gasteiger partial charge in [0.25, 0.3) is 0 Å². The molecule has 0 N–H and O–H groups in total. The number of hydrogen-bond acceptors (Lipinski definition) is 0. The highest BCUT2D eigenvalue weighted by Gasteiger charge is 2.32. The van der Waals surface area contributed by atoms with Crippen LogP contribution in [0.4, 0.5) is 0 Å². The molecule has 0 heterocycles. The maximum atomic E-state index is 3.00. The van der Waals surface area contributed by atoms with E-state index in [2.05, 4.69) is 20.1 Å². The minimum absolute atomic E-state index is 1.05. The molecule has 0 aromatic rings. The first kappa shape index (κ1) is 9.83. The van der Waals surface area contributed by atoms with Gasteiger partial charge in [0.15, 0.2) is 0 Å². The van der Waals surface area contributed by atoms with Crippen molar-refractivity contribution in [1.82, 2.24) is 0 Å². The third-order valence-corrected chi connectivity index (χ3v) is 3.48. The van der Waals surface area contributed by atoms with E-state index in [9.17, 15) is 0 Å². The highest BCUT2D eigenvalue weighted by Crippen LogP contribution is 2.44. The van der Waals surface area contributed by atoms with E-state index < -0.39 is 0 Å². The summed E-state index contributed by atoms with van der Waals surface area (Å²) >= 11 is 0. The van der Waals surface area contributed by atoms with Crippen LogP contribution in [0, 0.1) is 17.8 Å². The summed E-state index contributed by atoms with van der Waals surface area (Å²) in [5.74, 6) is 3.33. The summed E-state index contributed by atoms with van der Waals surface area (Å²) in [6, 6.07) is 0. The van der Waals surface area contributed by atoms with Gasteiger partial charge in [0.05, 0.1) is 0 Å². The minimum atomic E-state index is 1.05. The third kappa shape index (κ3) is 2.12. The molecule has 12 heavy (non-hydrogen) atoms. The van der Waals surface area contributed by atoms with Gasteiger partial charge in [0.1, 0.15) is 0 Å². The SMILES string of the molecule is C=C.CC1CC2CCCCC2C1. The van der Waals surface area contributed by atoms with Crippen LogP contribution in [0.15, 0.2) is 13.2 Å². The lowest BCUT2D eigenvalue weighted by atomic mass is 9.82. The normalized spacial score (nSPS) is 39.6. The summed E-state index contributed by atoms with van der Waals surface area (Å²) in [6.45, 7) is 8.43. The molecule has 0 aliphatic heterocycles. The van der Waals surface area contributed by atoms with Crippen LogP contribution in [0.2, 0.25) is 0 Å². The molecule has 2 rings (SSSR count). The van der Waals surface area contributed by atoms with Gasteiger partial charge >= 0.3 is 0 Å². The average Bonchev–Trinajstić information content (AvgIpc) is 2.48. The molecular formula is C12H22. The molecule has 0 aromatic heterocycles. The number of rotatable bonds is 0. The summed E-state index contributed by atoms with van der Waals surface area (Å²) < 4.78 is 0. The van der Waals surface area contributed by atoms with Crippen LogP contribution in [-0.4, -0.2) is 0 Å². The van der Waals surface area contributed by atoms with Crippen molar-refractivity contribution in [3.8, 4) is 0 Å². The average molecular weight is 166 g/mol. The van der Waals surface area contributed by atoms with E-state index in [-0.39, 0.29) is 0 Å². The van der Waals surface area contributed by atoms with E-state index in [0.717, 1.165) is 17.8 Å². The zero-order valence-corrected chi connectivity index (χ0v) is 8.39. The summed E-state index contributed by atoms with van der Waals surface area (Å²) in [5, 5.41) is 0. The van der Waals surface area contributed by atoms with Gasteiger partial charge < -0.3 is 0 Å². The molecule has 0 amide bonds. The molecule has 0 nitrogen and oxygen atoms in total.